The molecule has 0 fully saturated rings. The third-order valence-electron chi connectivity index (χ3n) is 4.38. The van der Waals surface area contributed by atoms with Crippen molar-refractivity contribution in [2.75, 3.05) is 10.6 Å². The smallest absolute Gasteiger partial charge is 0.274 e. The van der Waals surface area contributed by atoms with Crippen molar-refractivity contribution >= 4 is 28.8 Å². The van der Waals surface area contributed by atoms with Crippen molar-refractivity contribution in [1.82, 2.24) is 4.98 Å². The van der Waals surface area contributed by atoms with Crippen LogP contribution in [0.15, 0.2) is 66.9 Å². The molecular weight excluding hydrogens is 350 g/mol. The van der Waals surface area contributed by atoms with Gasteiger partial charge < -0.3 is 10.6 Å². The van der Waals surface area contributed by atoms with E-state index in [2.05, 4.69) is 35.5 Å². The van der Waals surface area contributed by atoms with Gasteiger partial charge in [-0.3, -0.25) is 14.6 Å². The van der Waals surface area contributed by atoms with Gasteiger partial charge in [-0.2, -0.15) is 0 Å². The molecule has 0 aliphatic heterocycles. The number of nitrogens with one attached hydrogen (secondary N) is 2. The standard InChI is InChI=1S/C23H23N3O2/c1-15(2)20-9-4-5-10-21(20)25-19-11-12-24-22(14-19)23(28)26-18-8-6-7-17(13-18)16(3)27/h4-15H,1-3H3,(H,24,25)(H,26,28). The highest BCUT2D eigenvalue weighted by molar-refractivity contribution is 6.04. The number of pyridine rings is 1. The highest BCUT2D eigenvalue weighted by Gasteiger charge is 2.11. The third kappa shape index (κ3) is 4.62. The highest BCUT2D eigenvalue weighted by atomic mass is 16.2. The number of hydrogen-bond acceptors (Lipinski definition) is 4. The second-order valence-electron chi connectivity index (χ2n) is 6.89. The van der Waals surface area contributed by atoms with Crippen LogP contribution in [0.4, 0.5) is 17.1 Å². The molecule has 3 aromatic rings. The molecule has 2 aromatic carbocycles. The summed E-state index contributed by atoms with van der Waals surface area (Å²) in [4.78, 5) is 28.3. The van der Waals surface area contributed by atoms with E-state index in [0.717, 1.165) is 11.4 Å². The van der Waals surface area contributed by atoms with Crippen LogP contribution in [0.5, 0.6) is 0 Å². The molecule has 0 saturated heterocycles. The molecule has 0 aliphatic rings. The summed E-state index contributed by atoms with van der Waals surface area (Å²) in [5, 5.41) is 6.17. The molecule has 0 aliphatic carbocycles. The Morgan fingerprint density at radius 3 is 2.46 bits per heavy atom. The molecule has 3 rings (SSSR count). The van der Waals surface area contributed by atoms with Gasteiger partial charge in [0.05, 0.1) is 0 Å². The number of carbonyl (C=O) groups is 2. The Labute approximate surface area is 164 Å². The summed E-state index contributed by atoms with van der Waals surface area (Å²) in [7, 11) is 0. The number of para-hydroxylation sites is 1. The van der Waals surface area contributed by atoms with Gasteiger partial charge in [-0.05, 0) is 48.7 Å². The Hall–Kier alpha value is -3.47. The number of benzene rings is 2. The van der Waals surface area contributed by atoms with E-state index in [1.54, 1.807) is 36.5 Å². The molecule has 0 saturated carbocycles. The number of hydrogen-bond donors (Lipinski definition) is 2. The van der Waals surface area contributed by atoms with Crippen molar-refractivity contribution in [2.45, 2.75) is 26.7 Å². The van der Waals surface area contributed by atoms with Gasteiger partial charge in [-0.1, -0.05) is 44.2 Å². The minimum Gasteiger partial charge on any atom is -0.355 e. The van der Waals surface area contributed by atoms with Crippen LogP contribution in [0.25, 0.3) is 0 Å². The predicted molar refractivity (Wildman–Crippen MR) is 112 cm³/mol. The first-order valence-electron chi connectivity index (χ1n) is 9.18. The van der Waals surface area contributed by atoms with E-state index in [1.807, 2.05) is 24.3 Å². The molecule has 142 valence electrons. The normalized spacial score (nSPS) is 10.6. The molecule has 1 amide bonds. The van der Waals surface area contributed by atoms with Crippen molar-refractivity contribution < 1.29 is 9.59 Å². The summed E-state index contributed by atoms with van der Waals surface area (Å²) in [5.41, 5.74) is 4.39. The monoisotopic (exact) mass is 373 g/mol. The average Bonchev–Trinajstić information content (AvgIpc) is 2.68. The first-order chi connectivity index (χ1) is 13.4. The first kappa shape index (κ1) is 19.3. The van der Waals surface area contributed by atoms with Gasteiger partial charge in [0, 0.05) is 28.8 Å². The Morgan fingerprint density at radius 2 is 1.71 bits per heavy atom. The maximum absolute atomic E-state index is 12.6. The number of anilines is 3. The lowest BCUT2D eigenvalue weighted by Gasteiger charge is -2.15. The Morgan fingerprint density at radius 1 is 0.929 bits per heavy atom. The fourth-order valence-electron chi connectivity index (χ4n) is 2.91. The number of ketones is 1. The van der Waals surface area contributed by atoms with Crippen LogP contribution in [-0.4, -0.2) is 16.7 Å². The van der Waals surface area contributed by atoms with Crippen molar-refractivity contribution in [3.05, 3.63) is 83.7 Å². The van der Waals surface area contributed by atoms with E-state index in [9.17, 15) is 9.59 Å². The third-order valence-corrected chi connectivity index (χ3v) is 4.38. The largest absolute Gasteiger partial charge is 0.355 e. The van der Waals surface area contributed by atoms with Crippen molar-refractivity contribution in [2.24, 2.45) is 0 Å². The number of rotatable bonds is 6. The Bertz CT molecular complexity index is 1010. The zero-order chi connectivity index (χ0) is 20.1. The van der Waals surface area contributed by atoms with Crippen LogP contribution in [-0.2, 0) is 0 Å². The lowest BCUT2D eigenvalue weighted by atomic mass is 10.0. The molecule has 1 heterocycles. The summed E-state index contributed by atoms with van der Waals surface area (Å²) in [6.07, 6.45) is 1.60. The van der Waals surface area contributed by atoms with Gasteiger partial charge in [0.15, 0.2) is 5.78 Å². The minimum absolute atomic E-state index is 0.0516. The number of aromatic nitrogens is 1. The van der Waals surface area contributed by atoms with Gasteiger partial charge in [0.2, 0.25) is 0 Å². The van der Waals surface area contributed by atoms with E-state index >= 15 is 0 Å². The lowest BCUT2D eigenvalue weighted by molar-refractivity contribution is 0.100. The molecule has 0 atom stereocenters. The molecule has 0 spiro atoms. The number of carbonyl (C=O) groups excluding carboxylic acids is 2. The maximum atomic E-state index is 12.6. The summed E-state index contributed by atoms with van der Waals surface area (Å²) in [6.45, 7) is 5.77. The van der Waals surface area contributed by atoms with Crippen molar-refractivity contribution in [3.8, 4) is 0 Å². The van der Waals surface area contributed by atoms with Gasteiger partial charge in [0.1, 0.15) is 5.69 Å². The van der Waals surface area contributed by atoms with Crippen molar-refractivity contribution in [3.63, 3.8) is 0 Å². The van der Waals surface area contributed by atoms with Gasteiger partial charge in [-0.25, -0.2) is 0 Å². The fraction of sp³-hybridized carbons (Fsp3) is 0.174. The first-order valence-corrected chi connectivity index (χ1v) is 9.18. The molecule has 0 unspecified atom stereocenters. The predicted octanol–water partition coefficient (Wildman–Crippen LogP) is 5.40. The zero-order valence-electron chi connectivity index (χ0n) is 16.2. The van der Waals surface area contributed by atoms with E-state index in [-0.39, 0.29) is 11.7 Å². The second kappa shape index (κ2) is 8.48. The molecule has 28 heavy (non-hydrogen) atoms. The topological polar surface area (TPSA) is 71.1 Å². The highest BCUT2D eigenvalue weighted by Crippen LogP contribution is 2.27. The van der Waals surface area contributed by atoms with Gasteiger partial charge >= 0.3 is 0 Å². The number of Topliss-reactive ketones (excluding diaryl/α,β-unsaturated/α-hetero) is 1. The SMILES string of the molecule is CC(=O)c1cccc(NC(=O)c2cc(Nc3ccccc3C(C)C)ccn2)c1. The molecule has 1 aromatic heterocycles. The average molecular weight is 373 g/mol. The summed E-state index contributed by atoms with van der Waals surface area (Å²) >= 11 is 0. The van der Waals surface area contributed by atoms with E-state index < -0.39 is 0 Å². The number of nitrogens with zero attached hydrogens (tertiary/aromatic N) is 1. The van der Waals surface area contributed by atoms with Gasteiger partial charge in [0.25, 0.3) is 5.91 Å². The quantitative estimate of drug-likeness (QED) is 0.567. The summed E-state index contributed by atoms with van der Waals surface area (Å²) in [6, 6.07) is 18.5. The van der Waals surface area contributed by atoms with E-state index in [1.165, 1.54) is 12.5 Å². The van der Waals surface area contributed by atoms with Crippen LogP contribution in [0.1, 0.15) is 53.1 Å². The van der Waals surface area contributed by atoms with Crippen LogP contribution in [0.2, 0.25) is 0 Å². The molecule has 5 heteroatoms. The van der Waals surface area contributed by atoms with Crippen molar-refractivity contribution in [1.29, 1.82) is 0 Å². The van der Waals surface area contributed by atoms with Gasteiger partial charge in [-0.15, -0.1) is 0 Å². The molecular formula is C23H23N3O2. The van der Waals surface area contributed by atoms with Crippen LogP contribution in [0.3, 0.4) is 0 Å². The fourth-order valence-corrected chi connectivity index (χ4v) is 2.91. The molecule has 0 radical (unpaired) electrons. The van der Waals surface area contributed by atoms with E-state index in [4.69, 9.17) is 0 Å². The maximum Gasteiger partial charge on any atom is 0.274 e. The van der Waals surface area contributed by atoms with Crippen LogP contribution < -0.4 is 10.6 Å². The summed E-state index contributed by atoms with van der Waals surface area (Å²) in [5.74, 6) is -0.00686. The Balaban J connectivity index is 1.79. The molecule has 0 bridgehead atoms. The van der Waals surface area contributed by atoms with Crippen LogP contribution in [0, 0.1) is 0 Å². The van der Waals surface area contributed by atoms with Crippen LogP contribution >= 0.6 is 0 Å². The molecule has 5 nitrogen and oxygen atoms in total. The zero-order valence-corrected chi connectivity index (χ0v) is 16.2. The second-order valence-corrected chi connectivity index (χ2v) is 6.89. The Kier molecular flexibility index (Phi) is 5.84. The van der Waals surface area contributed by atoms with E-state index in [0.29, 0.717) is 22.9 Å². The minimum atomic E-state index is -0.332. The summed E-state index contributed by atoms with van der Waals surface area (Å²) < 4.78 is 0. The molecule has 2 N–H and O–H groups in total. The lowest BCUT2D eigenvalue weighted by Crippen LogP contribution is -2.14. The number of amides is 1.